The van der Waals surface area contributed by atoms with Crippen LogP contribution in [-0.4, -0.2) is 20.6 Å². The molecule has 2 aromatic rings. The summed E-state index contributed by atoms with van der Waals surface area (Å²) in [5, 5.41) is 2.67. The van der Waals surface area contributed by atoms with Crippen LogP contribution in [0.5, 0.6) is 0 Å². The third kappa shape index (κ3) is 5.07. The second-order valence-electron chi connectivity index (χ2n) is 5.22. The Kier molecular flexibility index (Phi) is 5.00. The first-order valence-electron chi connectivity index (χ1n) is 6.86. The topological polar surface area (TPSA) is 75.3 Å². The van der Waals surface area contributed by atoms with E-state index in [2.05, 4.69) is 10.0 Å². The smallest absolute Gasteiger partial charge is 0.251 e. The lowest BCUT2D eigenvalue weighted by molar-refractivity contribution is 0.0951. The first-order chi connectivity index (χ1) is 10.7. The van der Waals surface area contributed by atoms with Crippen molar-refractivity contribution in [1.29, 1.82) is 0 Å². The van der Waals surface area contributed by atoms with Gasteiger partial charge < -0.3 is 5.32 Å². The summed E-state index contributed by atoms with van der Waals surface area (Å²) >= 11 is 0. The highest BCUT2D eigenvalue weighted by atomic mass is 32.2. The minimum Gasteiger partial charge on any atom is -0.348 e. The van der Waals surface area contributed by atoms with Crippen molar-refractivity contribution in [1.82, 2.24) is 5.32 Å². The Morgan fingerprint density at radius 3 is 2.57 bits per heavy atom. The summed E-state index contributed by atoms with van der Waals surface area (Å²) in [5.74, 6) is -0.695. The Bertz CT molecular complexity index is 835. The van der Waals surface area contributed by atoms with Crippen LogP contribution in [-0.2, 0) is 16.6 Å². The highest BCUT2D eigenvalue weighted by Gasteiger charge is 2.08. The standard InChI is InChI=1S/C16H17FN2O3S/c1-11-6-7-12(8-15(11)17)10-18-16(20)13-4-3-5-14(9-13)19-23(2,21)22/h3-9,19H,10H2,1-2H3,(H,18,20). The number of benzene rings is 2. The molecule has 0 unspecified atom stereocenters. The second-order valence-corrected chi connectivity index (χ2v) is 6.97. The van der Waals surface area contributed by atoms with E-state index in [1.165, 1.54) is 12.1 Å². The summed E-state index contributed by atoms with van der Waals surface area (Å²) in [5.41, 5.74) is 1.80. The van der Waals surface area contributed by atoms with E-state index < -0.39 is 10.0 Å². The van der Waals surface area contributed by atoms with E-state index in [9.17, 15) is 17.6 Å². The normalized spacial score (nSPS) is 11.1. The number of carbonyl (C=O) groups excluding carboxylic acids is 1. The van der Waals surface area contributed by atoms with Gasteiger partial charge in [0.05, 0.1) is 6.26 Å². The minimum absolute atomic E-state index is 0.180. The van der Waals surface area contributed by atoms with Crippen molar-refractivity contribution in [2.24, 2.45) is 0 Å². The third-order valence-corrected chi connectivity index (χ3v) is 3.72. The van der Waals surface area contributed by atoms with Crippen LogP contribution in [0.25, 0.3) is 0 Å². The number of aryl methyl sites for hydroxylation is 1. The summed E-state index contributed by atoms with van der Waals surface area (Å²) in [4.78, 5) is 12.1. The van der Waals surface area contributed by atoms with E-state index in [1.807, 2.05) is 0 Å². The van der Waals surface area contributed by atoms with Crippen LogP contribution in [0.2, 0.25) is 0 Å². The second kappa shape index (κ2) is 6.78. The van der Waals surface area contributed by atoms with Crippen molar-refractivity contribution in [3.05, 3.63) is 65.0 Å². The Balaban J connectivity index is 2.05. The number of amides is 1. The van der Waals surface area contributed by atoms with Gasteiger partial charge in [-0.3, -0.25) is 9.52 Å². The molecule has 2 N–H and O–H groups in total. The maximum absolute atomic E-state index is 13.5. The van der Waals surface area contributed by atoms with Crippen molar-refractivity contribution >= 4 is 21.6 Å². The van der Waals surface area contributed by atoms with Gasteiger partial charge in [-0.1, -0.05) is 18.2 Å². The largest absolute Gasteiger partial charge is 0.348 e. The van der Waals surface area contributed by atoms with Crippen molar-refractivity contribution in [3.8, 4) is 0 Å². The van der Waals surface area contributed by atoms with Crippen molar-refractivity contribution in [2.75, 3.05) is 11.0 Å². The molecular weight excluding hydrogens is 319 g/mol. The van der Waals surface area contributed by atoms with Gasteiger partial charge in [-0.15, -0.1) is 0 Å². The van der Waals surface area contributed by atoms with Gasteiger partial charge in [0.25, 0.3) is 5.91 Å². The van der Waals surface area contributed by atoms with Gasteiger partial charge in [-0.25, -0.2) is 12.8 Å². The van der Waals surface area contributed by atoms with Crippen LogP contribution in [0, 0.1) is 12.7 Å². The molecule has 2 aromatic carbocycles. The number of carbonyl (C=O) groups is 1. The fraction of sp³-hybridized carbons (Fsp3) is 0.188. The zero-order valence-corrected chi connectivity index (χ0v) is 13.6. The first-order valence-corrected chi connectivity index (χ1v) is 8.75. The van der Waals surface area contributed by atoms with Gasteiger partial charge in [-0.05, 0) is 42.3 Å². The van der Waals surface area contributed by atoms with Crippen LogP contribution >= 0.6 is 0 Å². The Morgan fingerprint density at radius 1 is 1.17 bits per heavy atom. The molecule has 2 rings (SSSR count). The summed E-state index contributed by atoms with van der Waals surface area (Å²) < 4.78 is 38.2. The van der Waals surface area contributed by atoms with Crippen LogP contribution < -0.4 is 10.0 Å². The van der Waals surface area contributed by atoms with E-state index in [0.29, 0.717) is 22.4 Å². The molecule has 7 heteroatoms. The molecule has 0 heterocycles. The number of anilines is 1. The van der Waals surface area contributed by atoms with E-state index in [0.717, 1.165) is 6.26 Å². The fourth-order valence-electron chi connectivity index (χ4n) is 1.97. The lowest BCUT2D eigenvalue weighted by atomic mass is 10.1. The van der Waals surface area contributed by atoms with Gasteiger partial charge in [0.1, 0.15) is 5.82 Å². The highest BCUT2D eigenvalue weighted by Crippen LogP contribution is 2.13. The van der Waals surface area contributed by atoms with E-state index in [4.69, 9.17) is 0 Å². The van der Waals surface area contributed by atoms with Crippen LogP contribution in [0.15, 0.2) is 42.5 Å². The molecule has 0 aliphatic heterocycles. The molecule has 23 heavy (non-hydrogen) atoms. The molecule has 0 radical (unpaired) electrons. The minimum atomic E-state index is -3.41. The van der Waals surface area contributed by atoms with Gasteiger partial charge in [0.15, 0.2) is 0 Å². The number of nitrogens with one attached hydrogen (secondary N) is 2. The Labute approximate surface area is 134 Å². The number of sulfonamides is 1. The van der Waals surface area contributed by atoms with Crippen molar-refractivity contribution in [2.45, 2.75) is 13.5 Å². The van der Waals surface area contributed by atoms with E-state index >= 15 is 0 Å². The molecular formula is C16H17FN2O3S. The van der Waals surface area contributed by atoms with Gasteiger partial charge >= 0.3 is 0 Å². The molecule has 0 bridgehead atoms. The average molecular weight is 336 g/mol. The predicted octanol–water partition coefficient (Wildman–Crippen LogP) is 2.44. The maximum Gasteiger partial charge on any atom is 0.251 e. The SMILES string of the molecule is Cc1ccc(CNC(=O)c2cccc(NS(C)(=O)=O)c2)cc1F. The highest BCUT2D eigenvalue weighted by molar-refractivity contribution is 7.92. The molecule has 0 atom stereocenters. The number of hydrogen-bond donors (Lipinski definition) is 2. The van der Waals surface area contributed by atoms with Crippen molar-refractivity contribution < 1.29 is 17.6 Å². The monoisotopic (exact) mass is 336 g/mol. The molecule has 0 saturated heterocycles. The van der Waals surface area contributed by atoms with Crippen LogP contribution in [0.4, 0.5) is 10.1 Å². The predicted molar refractivity (Wildman–Crippen MR) is 87.2 cm³/mol. The number of hydrogen-bond acceptors (Lipinski definition) is 3. The van der Waals surface area contributed by atoms with Crippen LogP contribution in [0.1, 0.15) is 21.5 Å². The van der Waals surface area contributed by atoms with Crippen molar-refractivity contribution in [3.63, 3.8) is 0 Å². The van der Waals surface area contributed by atoms with Gasteiger partial charge in [0.2, 0.25) is 10.0 Å². The lowest BCUT2D eigenvalue weighted by Crippen LogP contribution is -2.23. The number of rotatable bonds is 5. The zero-order chi connectivity index (χ0) is 17.0. The molecule has 5 nitrogen and oxygen atoms in total. The summed E-state index contributed by atoms with van der Waals surface area (Å²) in [7, 11) is -3.41. The van der Waals surface area contributed by atoms with Crippen LogP contribution in [0.3, 0.4) is 0 Å². The number of halogens is 1. The molecule has 0 spiro atoms. The van der Waals surface area contributed by atoms with E-state index in [-0.39, 0.29) is 18.3 Å². The Hall–Kier alpha value is -2.41. The van der Waals surface area contributed by atoms with Gasteiger partial charge in [0, 0.05) is 17.8 Å². The quantitative estimate of drug-likeness (QED) is 0.880. The third-order valence-electron chi connectivity index (χ3n) is 3.12. The molecule has 1 amide bonds. The first kappa shape index (κ1) is 17.0. The van der Waals surface area contributed by atoms with Gasteiger partial charge in [-0.2, -0.15) is 0 Å². The molecule has 0 aromatic heterocycles. The summed E-state index contributed by atoms with van der Waals surface area (Å²) in [6, 6.07) is 10.9. The average Bonchev–Trinajstić information content (AvgIpc) is 2.46. The molecule has 0 fully saturated rings. The summed E-state index contributed by atoms with van der Waals surface area (Å²) in [6.45, 7) is 1.84. The molecule has 0 saturated carbocycles. The molecule has 0 aliphatic carbocycles. The summed E-state index contributed by atoms with van der Waals surface area (Å²) in [6.07, 6.45) is 1.03. The lowest BCUT2D eigenvalue weighted by Gasteiger charge is -2.08. The molecule has 0 aliphatic rings. The maximum atomic E-state index is 13.5. The van der Waals surface area contributed by atoms with E-state index in [1.54, 1.807) is 37.3 Å². The molecule has 122 valence electrons. The fourth-order valence-corrected chi connectivity index (χ4v) is 2.52. The Morgan fingerprint density at radius 2 is 1.91 bits per heavy atom. The zero-order valence-electron chi connectivity index (χ0n) is 12.8.